The first-order chi connectivity index (χ1) is 17.2. The van der Waals surface area contributed by atoms with Crippen LogP contribution in [0.4, 0.5) is 24.7 Å². The Morgan fingerprint density at radius 2 is 1.94 bits per heavy atom. The number of hydrogen-bond acceptors (Lipinski definition) is 7. The molecule has 5 rings (SSSR count). The SMILES string of the molecule is N#Cc1c(N2CCC(c3ccc(SC(F)(F)F)cc3)CC2)nc2c(c1NC1(CO)CCC1)[S@@](=O)CC2. The summed E-state index contributed by atoms with van der Waals surface area (Å²) in [7, 11) is -1.24. The molecule has 11 heteroatoms. The Morgan fingerprint density at radius 1 is 1.25 bits per heavy atom. The van der Waals surface area contributed by atoms with Crippen LogP contribution in [0.5, 0.6) is 0 Å². The van der Waals surface area contributed by atoms with Gasteiger partial charge in [0.15, 0.2) is 0 Å². The summed E-state index contributed by atoms with van der Waals surface area (Å²) >= 11 is -0.110. The summed E-state index contributed by atoms with van der Waals surface area (Å²) in [5.41, 5.74) is -2.11. The quantitative estimate of drug-likeness (QED) is 0.506. The molecule has 0 spiro atoms. The number of hydrogen-bond donors (Lipinski definition) is 2. The first kappa shape index (κ1) is 25.4. The van der Waals surface area contributed by atoms with E-state index in [4.69, 9.17) is 4.98 Å². The number of thioether (sulfide) groups is 1. The van der Waals surface area contributed by atoms with Crippen LogP contribution in [0.1, 0.15) is 54.8 Å². The lowest BCUT2D eigenvalue weighted by Crippen LogP contribution is -2.48. The van der Waals surface area contributed by atoms with Crippen molar-refractivity contribution in [1.82, 2.24) is 4.98 Å². The van der Waals surface area contributed by atoms with Crippen LogP contribution in [0.25, 0.3) is 0 Å². The van der Waals surface area contributed by atoms with E-state index in [9.17, 15) is 27.7 Å². The average molecular weight is 537 g/mol. The van der Waals surface area contributed by atoms with Gasteiger partial charge in [-0.15, -0.1) is 0 Å². The van der Waals surface area contributed by atoms with Gasteiger partial charge in [-0.1, -0.05) is 12.1 Å². The normalized spacial score (nSPS) is 21.5. The molecule has 3 heterocycles. The van der Waals surface area contributed by atoms with E-state index < -0.39 is 21.8 Å². The molecule has 2 aromatic rings. The van der Waals surface area contributed by atoms with Gasteiger partial charge in [-0.3, -0.25) is 4.21 Å². The van der Waals surface area contributed by atoms with E-state index in [-0.39, 0.29) is 29.2 Å². The number of aliphatic hydroxyl groups is 1. The number of fused-ring (bicyclic) bond motifs is 1. The number of nitriles is 1. The van der Waals surface area contributed by atoms with Crippen molar-refractivity contribution in [3.8, 4) is 6.07 Å². The van der Waals surface area contributed by atoms with E-state index in [1.54, 1.807) is 12.1 Å². The highest BCUT2D eigenvalue weighted by molar-refractivity contribution is 8.00. The smallest absolute Gasteiger partial charge is 0.394 e. The molecule has 1 saturated carbocycles. The van der Waals surface area contributed by atoms with E-state index in [2.05, 4.69) is 16.3 Å². The van der Waals surface area contributed by atoms with Crippen LogP contribution in [-0.2, 0) is 17.2 Å². The van der Waals surface area contributed by atoms with Crippen LogP contribution in [-0.4, -0.2) is 50.8 Å². The van der Waals surface area contributed by atoms with Gasteiger partial charge < -0.3 is 15.3 Å². The average Bonchev–Trinajstić information content (AvgIpc) is 3.21. The number of aromatic nitrogens is 1. The molecule has 6 nitrogen and oxygen atoms in total. The van der Waals surface area contributed by atoms with Crippen molar-refractivity contribution < 1.29 is 22.5 Å². The zero-order chi connectivity index (χ0) is 25.5. The van der Waals surface area contributed by atoms with E-state index in [0.717, 1.165) is 43.4 Å². The maximum absolute atomic E-state index is 12.8. The molecule has 1 aromatic carbocycles. The second-order valence-electron chi connectivity index (χ2n) is 9.67. The Balaban J connectivity index is 1.37. The van der Waals surface area contributed by atoms with Gasteiger partial charge in [-0.2, -0.15) is 18.4 Å². The molecule has 36 heavy (non-hydrogen) atoms. The van der Waals surface area contributed by atoms with Crippen molar-refractivity contribution >= 4 is 34.1 Å². The number of benzene rings is 1. The highest BCUT2D eigenvalue weighted by Crippen LogP contribution is 2.43. The topological polar surface area (TPSA) is 89.2 Å². The van der Waals surface area contributed by atoms with Crippen LogP contribution < -0.4 is 10.2 Å². The summed E-state index contributed by atoms with van der Waals surface area (Å²) in [6.07, 6.45) is 4.72. The highest BCUT2D eigenvalue weighted by Gasteiger charge is 2.40. The summed E-state index contributed by atoms with van der Waals surface area (Å²) in [5.74, 6) is 1.27. The lowest BCUT2D eigenvalue weighted by molar-refractivity contribution is -0.0328. The first-order valence-corrected chi connectivity index (χ1v) is 14.2. The Hall–Kier alpha value is -2.29. The van der Waals surface area contributed by atoms with E-state index in [1.807, 2.05) is 0 Å². The molecule has 2 N–H and O–H groups in total. The largest absolute Gasteiger partial charge is 0.446 e. The maximum atomic E-state index is 12.8. The number of nitrogens with one attached hydrogen (secondary N) is 1. The molecule has 192 valence electrons. The van der Waals surface area contributed by atoms with Gasteiger partial charge in [0.25, 0.3) is 0 Å². The number of halogens is 3. The molecular formula is C25H27F3N4O2S2. The fourth-order valence-corrected chi connectivity index (χ4v) is 7.24. The molecule has 3 aliphatic rings. The third-order valence-electron chi connectivity index (χ3n) is 7.45. The summed E-state index contributed by atoms with van der Waals surface area (Å²) in [4.78, 5) is 7.66. The predicted molar refractivity (Wildman–Crippen MR) is 134 cm³/mol. The second-order valence-corrected chi connectivity index (χ2v) is 12.3. The Morgan fingerprint density at radius 3 is 2.50 bits per heavy atom. The summed E-state index contributed by atoms with van der Waals surface area (Å²) < 4.78 is 50.7. The third-order valence-corrected chi connectivity index (χ3v) is 9.66. The Bertz CT molecular complexity index is 1200. The number of pyridine rings is 1. The number of nitrogens with zero attached hydrogens (tertiary/aromatic N) is 3. The Kier molecular flexibility index (Phi) is 6.96. The van der Waals surface area contributed by atoms with Crippen molar-refractivity contribution in [2.75, 3.05) is 35.7 Å². The minimum atomic E-state index is -4.30. The number of aryl methyl sites for hydroxylation is 1. The van der Waals surface area contributed by atoms with E-state index in [1.165, 1.54) is 12.1 Å². The summed E-state index contributed by atoms with van der Waals surface area (Å²) in [5, 5.41) is 23.6. The van der Waals surface area contributed by atoms with Crippen LogP contribution >= 0.6 is 11.8 Å². The minimum Gasteiger partial charge on any atom is -0.394 e. The van der Waals surface area contributed by atoms with E-state index in [0.29, 0.717) is 47.2 Å². The molecule has 1 aromatic heterocycles. The van der Waals surface area contributed by atoms with Gasteiger partial charge in [0, 0.05) is 30.2 Å². The molecule has 0 unspecified atom stereocenters. The highest BCUT2D eigenvalue weighted by atomic mass is 32.2. The predicted octanol–water partition coefficient (Wildman–Crippen LogP) is 4.94. The van der Waals surface area contributed by atoms with Crippen molar-refractivity contribution in [2.45, 2.75) is 65.3 Å². The first-order valence-electron chi connectivity index (χ1n) is 12.1. The molecule has 0 amide bonds. The number of aliphatic hydroxyl groups excluding tert-OH is 1. The molecule has 1 atom stereocenters. The second kappa shape index (κ2) is 9.88. The fourth-order valence-electron chi connectivity index (χ4n) is 5.32. The van der Waals surface area contributed by atoms with Crippen LogP contribution in [0.3, 0.4) is 0 Å². The van der Waals surface area contributed by atoms with Gasteiger partial charge in [0.2, 0.25) is 0 Å². The lowest BCUT2D eigenvalue weighted by Gasteiger charge is -2.42. The molecule has 0 radical (unpaired) electrons. The number of anilines is 2. The van der Waals surface area contributed by atoms with Crippen molar-refractivity contribution in [3.05, 3.63) is 41.1 Å². The van der Waals surface area contributed by atoms with Crippen LogP contribution in [0.15, 0.2) is 34.1 Å². The number of rotatable bonds is 6. The van der Waals surface area contributed by atoms with Crippen LogP contribution in [0, 0.1) is 11.3 Å². The summed E-state index contributed by atoms with van der Waals surface area (Å²) in [6.45, 7) is 1.25. The van der Waals surface area contributed by atoms with Crippen molar-refractivity contribution in [2.24, 2.45) is 0 Å². The van der Waals surface area contributed by atoms with Crippen LogP contribution in [0.2, 0.25) is 0 Å². The molecular weight excluding hydrogens is 509 g/mol. The maximum Gasteiger partial charge on any atom is 0.446 e. The number of piperidine rings is 1. The van der Waals surface area contributed by atoms with Crippen molar-refractivity contribution in [3.63, 3.8) is 0 Å². The zero-order valence-electron chi connectivity index (χ0n) is 19.6. The summed E-state index contributed by atoms with van der Waals surface area (Å²) in [6, 6.07) is 8.88. The van der Waals surface area contributed by atoms with E-state index >= 15 is 0 Å². The van der Waals surface area contributed by atoms with Gasteiger partial charge >= 0.3 is 5.51 Å². The lowest BCUT2D eigenvalue weighted by atomic mass is 9.77. The monoisotopic (exact) mass is 536 g/mol. The molecule has 1 saturated heterocycles. The minimum absolute atomic E-state index is 0.0530. The van der Waals surface area contributed by atoms with Gasteiger partial charge in [0.1, 0.15) is 17.5 Å². The standard InChI is InChI=1S/C25H27F3N4O2S2/c26-25(27,28)35-18-4-2-16(3-5-18)17-6-11-32(12-7-17)23-19(14-29)21(31-24(15-33)9-1-10-24)22-20(30-23)8-13-36(22)34/h2-5,17,33H,1,6-13,15H2,(H,30,31)/t36-/m0/s1. The van der Waals surface area contributed by atoms with Gasteiger partial charge in [-0.05, 0) is 67.5 Å². The van der Waals surface area contributed by atoms with Gasteiger partial charge in [0.05, 0.1) is 39.2 Å². The third kappa shape index (κ3) is 4.95. The number of alkyl halides is 3. The Labute approximate surface area is 214 Å². The molecule has 0 bridgehead atoms. The van der Waals surface area contributed by atoms with Gasteiger partial charge in [-0.25, -0.2) is 4.98 Å². The molecule has 2 fully saturated rings. The molecule has 1 aliphatic carbocycles. The fraction of sp³-hybridized carbons (Fsp3) is 0.520. The van der Waals surface area contributed by atoms with Crippen molar-refractivity contribution in [1.29, 1.82) is 5.26 Å². The molecule has 2 aliphatic heterocycles. The zero-order valence-corrected chi connectivity index (χ0v) is 21.2.